The van der Waals surface area contributed by atoms with Gasteiger partial charge in [-0.1, -0.05) is 17.7 Å². The van der Waals surface area contributed by atoms with Crippen LogP contribution in [0, 0.1) is 11.3 Å². The zero-order valence-electron chi connectivity index (χ0n) is 12.5. The van der Waals surface area contributed by atoms with Crippen LogP contribution in [0.2, 0.25) is 5.02 Å². The SMILES string of the molecule is COc1cc(/C=C(\C#N)C(=O)Nc2cccc(Cl)c2)cc(Br)c1O. The van der Waals surface area contributed by atoms with Crippen LogP contribution in [0.5, 0.6) is 11.5 Å². The number of ether oxygens (including phenoxy) is 1. The van der Waals surface area contributed by atoms with Crippen molar-refractivity contribution in [2.24, 2.45) is 0 Å². The molecule has 122 valence electrons. The molecule has 5 nitrogen and oxygen atoms in total. The van der Waals surface area contributed by atoms with Gasteiger partial charge in [-0.3, -0.25) is 4.79 Å². The maximum absolute atomic E-state index is 12.2. The molecule has 24 heavy (non-hydrogen) atoms. The number of phenols is 1. The molecule has 0 aliphatic rings. The van der Waals surface area contributed by atoms with Gasteiger partial charge in [0.05, 0.1) is 11.6 Å². The number of halogens is 2. The summed E-state index contributed by atoms with van der Waals surface area (Å²) in [4.78, 5) is 12.2. The van der Waals surface area contributed by atoms with Crippen molar-refractivity contribution >= 4 is 45.2 Å². The van der Waals surface area contributed by atoms with E-state index in [1.54, 1.807) is 30.3 Å². The van der Waals surface area contributed by atoms with Crippen LogP contribution in [0.4, 0.5) is 5.69 Å². The van der Waals surface area contributed by atoms with Gasteiger partial charge in [0.2, 0.25) is 0 Å². The lowest BCUT2D eigenvalue weighted by Gasteiger charge is -2.08. The van der Waals surface area contributed by atoms with Gasteiger partial charge in [0.25, 0.3) is 5.91 Å². The van der Waals surface area contributed by atoms with E-state index in [0.29, 0.717) is 20.7 Å². The molecule has 0 aromatic heterocycles. The number of hydrogen-bond acceptors (Lipinski definition) is 4. The van der Waals surface area contributed by atoms with E-state index in [1.165, 1.54) is 19.3 Å². The Morgan fingerprint density at radius 2 is 2.17 bits per heavy atom. The molecule has 0 saturated carbocycles. The summed E-state index contributed by atoms with van der Waals surface area (Å²) in [7, 11) is 1.41. The quantitative estimate of drug-likeness (QED) is 0.583. The Balaban J connectivity index is 2.31. The molecule has 0 saturated heterocycles. The third-order valence-electron chi connectivity index (χ3n) is 3.03. The zero-order chi connectivity index (χ0) is 17.7. The minimum atomic E-state index is -0.567. The van der Waals surface area contributed by atoms with E-state index in [9.17, 15) is 15.2 Å². The average molecular weight is 408 g/mol. The maximum Gasteiger partial charge on any atom is 0.266 e. The van der Waals surface area contributed by atoms with Crippen LogP contribution in [-0.4, -0.2) is 18.1 Å². The van der Waals surface area contributed by atoms with Crippen molar-refractivity contribution in [3.8, 4) is 17.6 Å². The predicted octanol–water partition coefficient (Wildman–Crippen LogP) is 4.36. The van der Waals surface area contributed by atoms with Crippen molar-refractivity contribution in [3.05, 3.63) is 57.0 Å². The number of phenolic OH excluding ortho intramolecular Hbond substituents is 1. The fraction of sp³-hybridized carbons (Fsp3) is 0.0588. The van der Waals surface area contributed by atoms with Gasteiger partial charge in [-0.25, -0.2) is 0 Å². The van der Waals surface area contributed by atoms with Gasteiger partial charge in [-0.2, -0.15) is 5.26 Å². The molecular weight excluding hydrogens is 396 g/mol. The van der Waals surface area contributed by atoms with E-state index in [0.717, 1.165) is 0 Å². The number of nitriles is 1. The Morgan fingerprint density at radius 1 is 1.42 bits per heavy atom. The van der Waals surface area contributed by atoms with Gasteiger partial charge in [0.15, 0.2) is 11.5 Å². The summed E-state index contributed by atoms with van der Waals surface area (Å²) in [5, 5.41) is 22.1. The van der Waals surface area contributed by atoms with E-state index in [2.05, 4.69) is 21.2 Å². The lowest BCUT2D eigenvalue weighted by atomic mass is 10.1. The Labute approximate surface area is 152 Å². The number of rotatable bonds is 4. The minimum absolute atomic E-state index is 0.0588. The van der Waals surface area contributed by atoms with Gasteiger partial charge < -0.3 is 15.2 Å². The molecule has 0 atom stereocenters. The molecular formula is C17H12BrClN2O3. The van der Waals surface area contributed by atoms with E-state index in [4.69, 9.17) is 16.3 Å². The highest BCUT2D eigenvalue weighted by molar-refractivity contribution is 9.10. The Morgan fingerprint density at radius 3 is 2.79 bits per heavy atom. The molecule has 0 fully saturated rings. The summed E-state index contributed by atoms with van der Waals surface area (Å²) < 4.78 is 5.43. The van der Waals surface area contributed by atoms with Crippen molar-refractivity contribution in [1.82, 2.24) is 0 Å². The summed E-state index contributed by atoms with van der Waals surface area (Å²) in [6.45, 7) is 0. The molecule has 0 spiro atoms. The van der Waals surface area contributed by atoms with Crippen LogP contribution < -0.4 is 10.1 Å². The van der Waals surface area contributed by atoms with Crippen LogP contribution in [0.1, 0.15) is 5.56 Å². The van der Waals surface area contributed by atoms with Gasteiger partial charge >= 0.3 is 0 Å². The number of nitrogens with zero attached hydrogens (tertiary/aromatic N) is 1. The van der Waals surface area contributed by atoms with Crippen molar-refractivity contribution in [1.29, 1.82) is 5.26 Å². The summed E-state index contributed by atoms with van der Waals surface area (Å²) in [6.07, 6.45) is 1.40. The Kier molecular flexibility index (Phi) is 5.85. The number of aromatic hydroxyl groups is 1. The Bertz CT molecular complexity index is 859. The third kappa shape index (κ3) is 4.28. The topological polar surface area (TPSA) is 82.3 Å². The summed E-state index contributed by atoms with van der Waals surface area (Å²) in [6, 6.07) is 11.6. The normalized spacial score (nSPS) is 10.8. The molecule has 0 heterocycles. The van der Waals surface area contributed by atoms with Gasteiger partial charge in [0, 0.05) is 10.7 Å². The maximum atomic E-state index is 12.2. The monoisotopic (exact) mass is 406 g/mol. The molecule has 2 N–H and O–H groups in total. The number of methoxy groups -OCH3 is 1. The smallest absolute Gasteiger partial charge is 0.266 e. The van der Waals surface area contributed by atoms with Gasteiger partial charge in [-0.15, -0.1) is 0 Å². The second-order valence-electron chi connectivity index (χ2n) is 4.69. The van der Waals surface area contributed by atoms with E-state index in [1.807, 2.05) is 6.07 Å². The first-order chi connectivity index (χ1) is 11.4. The molecule has 0 radical (unpaired) electrons. The van der Waals surface area contributed by atoms with Crippen LogP contribution in [0.3, 0.4) is 0 Å². The van der Waals surface area contributed by atoms with Crippen molar-refractivity contribution in [3.63, 3.8) is 0 Å². The molecule has 2 aromatic carbocycles. The molecule has 0 unspecified atom stereocenters. The Hall–Kier alpha value is -2.49. The van der Waals surface area contributed by atoms with Crippen molar-refractivity contribution in [2.75, 3.05) is 12.4 Å². The first kappa shape index (κ1) is 17.9. The van der Waals surface area contributed by atoms with Crippen molar-refractivity contribution in [2.45, 2.75) is 0 Å². The van der Waals surface area contributed by atoms with Crippen LogP contribution >= 0.6 is 27.5 Å². The minimum Gasteiger partial charge on any atom is -0.503 e. The largest absolute Gasteiger partial charge is 0.503 e. The zero-order valence-corrected chi connectivity index (χ0v) is 14.9. The fourth-order valence-corrected chi connectivity index (χ4v) is 2.56. The molecule has 0 aliphatic heterocycles. The number of carbonyl (C=O) groups is 1. The number of carbonyl (C=O) groups excluding carboxylic acids is 1. The predicted molar refractivity (Wildman–Crippen MR) is 96.0 cm³/mol. The highest BCUT2D eigenvalue weighted by Crippen LogP contribution is 2.35. The highest BCUT2D eigenvalue weighted by Gasteiger charge is 2.12. The van der Waals surface area contributed by atoms with Crippen LogP contribution in [-0.2, 0) is 4.79 Å². The third-order valence-corrected chi connectivity index (χ3v) is 3.87. The van der Waals surface area contributed by atoms with Gasteiger partial charge in [0.1, 0.15) is 11.6 Å². The standard InChI is InChI=1S/C17H12BrClN2O3/c1-24-15-7-10(6-14(18)16(15)22)5-11(9-20)17(23)21-13-4-2-3-12(19)8-13/h2-8,22H,1H3,(H,21,23)/b11-5+. The second-order valence-corrected chi connectivity index (χ2v) is 5.98. The summed E-state index contributed by atoms with van der Waals surface area (Å²) >= 11 is 9.05. The average Bonchev–Trinajstić information content (AvgIpc) is 2.55. The molecule has 0 aliphatic carbocycles. The second kappa shape index (κ2) is 7.86. The fourth-order valence-electron chi connectivity index (χ4n) is 1.91. The number of benzene rings is 2. The number of nitrogens with one attached hydrogen (secondary N) is 1. The molecule has 0 bridgehead atoms. The summed E-state index contributed by atoms with van der Waals surface area (Å²) in [5.74, 6) is -0.400. The number of amides is 1. The van der Waals surface area contributed by atoms with Crippen LogP contribution in [0.25, 0.3) is 6.08 Å². The van der Waals surface area contributed by atoms with E-state index >= 15 is 0 Å². The molecule has 2 rings (SSSR count). The lowest BCUT2D eigenvalue weighted by molar-refractivity contribution is -0.112. The number of hydrogen-bond donors (Lipinski definition) is 2. The van der Waals surface area contributed by atoms with E-state index in [-0.39, 0.29) is 17.1 Å². The molecule has 7 heteroatoms. The van der Waals surface area contributed by atoms with E-state index < -0.39 is 5.91 Å². The molecule has 2 aromatic rings. The number of anilines is 1. The van der Waals surface area contributed by atoms with Crippen LogP contribution in [0.15, 0.2) is 46.4 Å². The van der Waals surface area contributed by atoms with Gasteiger partial charge in [-0.05, 0) is 57.9 Å². The highest BCUT2D eigenvalue weighted by atomic mass is 79.9. The first-order valence-corrected chi connectivity index (χ1v) is 7.87. The molecule has 1 amide bonds. The van der Waals surface area contributed by atoms with Crippen molar-refractivity contribution < 1.29 is 14.6 Å². The summed E-state index contributed by atoms with van der Waals surface area (Å²) in [5.41, 5.74) is 0.905. The lowest BCUT2D eigenvalue weighted by Crippen LogP contribution is -2.13. The first-order valence-electron chi connectivity index (χ1n) is 6.70.